The first-order valence-electron chi connectivity index (χ1n) is 9.38. The van der Waals surface area contributed by atoms with Crippen LogP contribution in [0.3, 0.4) is 0 Å². The predicted molar refractivity (Wildman–Crippen MR) is 106 cm³/mol. The summed E-state index contributed by atoms with van der Waals surface area (Å²) < 4.78 is 25.2. The molecule has 0 aliphatic carbocycles. The molecule has 7 heteroatoms. The second kappa shape index (κ2) is 7.31. The van der Waals surface area contributed by atoms with E-state index in [0.29, 0.717) is 29.9 Å². The molecular formula is C21H24FN3O3. The number of carbonyl (C=O) groups is 1. The minimum absolute atomic E-state index is 0.0260. The van der Waals surface area contributed by atoms with E-state index in [-0.39, 0.29) is 12.5 Å². The smallest absolute Gasteiger partial charge is 0.253 e. The fourth-order valence-electron chi connectivity index (χ4n) is 4.03. The standard InChI is InChI=1S/C21H24FN3O3/c1-27-18-11-14(15(22)12-19(18)28-2)13-25-17-6-4-3-5-16(17)24-21(20(25)26)7-9-23-10-8-21/h3-6,11-12,23-24H,7-10,13H2,1-2H3. The Morgan fingerprint density at radius 3 is 2.50 bits per heavy atom. The summed E-state index contributed by atoms with van der Waals surface area (Å²) in [6.45, 7) is 1.65. The van der Waals surface area contributed by atoms with Gasteiger partial charge in [-0.3, -0.25) is 4.79 Å². The van der Waals surface area contributed by atoms with Crippen molar-refractivity contribution in [3.63, 3.8) is 0 Å². The number of ether oxygens (including phenoxy) is 2. The van der Waals surface area contributed by atoms with Crippen molar-refractivity contribution in [2.45, 2.75) is 24.9 Å². The predicted octanol–water partition coefficient (Wildman–Crippen LogP) is 2.92. The highest BCUT2D eigenvalue weighted by Crippen LogP contribution is 2.40. The van der Waals surface area contributed by atoms with Gasteiger partial charge in [0.05, 0.1) is 32.1 Å². The maximum Gasteiger partial charge on any atom is 0.253 e. The van der Waals surface area contributed by atoms with Crippen LogP contribution in [-0.4, -0.2) is 38.8 Å². The fraction of sp³-hybridized carbons (Fsp3) is 0.381. The third kappa shape index (κ3) is 3.05. The summed E-state index contributed by atoms with van der Waals surface area (Å²) in [7, 11) is 2.97. The summed E-state index contributed by atoms with van der Waals surface area (Å²) >= 11 is 0. The number of hydrogen-bond acceptors (Lipinski definition) is 5. The largest absolute Gasteiger partial charge is 0.493 e. The molecule has 0 radical (unpaired) electrons. The van der Waals surface area contributed by atoms with Crippen LogP contribution in [0.15, 0.2) is 36.4 Å². The van der Waals surface area contributed by atoms with Gasteiger partial charge in [-0.2, -0.15) is 0 Å². The van der Waals surface area contributed by atoms with Gasteiger partial charge in [0.25, 0.3) is 5.91 Å². The zero-order valence-electron chi connectivity index (χ0n) is 16.0. The summed E-state index contributed by atoms with van der Waals surface area (Å²) in [4.78, 5) is 15.2. The average molecular weight is 385 g/mol. The van der Waals surface area contributed by atoms with E-state index in [1.54, 1.807) is 11.0 Å². The molecule has 148 valence electrons. The highest BCUT2D eigenvalue weighted by molar-refractivity contribution is 6.07. The Morgan fingerprint density at radius 2 is 1.79 bits per heavy atom. The van der Waals surface area contributed by atoms with Gasteiger partial charge >= 0.3 is 0 Å². The molecule has 1 amide bonds. The van der Waals surface area contributed by atoms with Crippen LogP contribution in [0.25, 0.3) is 0 Å². The van der Waals surface area contributed by atoms with E-state index in [4.69, 9.17) is 9.47 Å². The van der Waals surface area contributed by atoms with Gasteiger partial charge in [-0.25, -0.2) is 4.39 Å². The lowest BCUT2D eigenvalue weighted by Crippen LogP contribution is -2.61. The number of methoxy groups -OCH3 is 2. The van der Waals surface area contributed by atoms with E-state index in [9.17, 15) is 9.18 Å². The lowest BCUT2D eigenvalue weighted by Gasteiger charge is -2.46. The van der Waals surface area contributed by atoms with E-state index in [0.717, 1.165) is 24.5 Å². The van der Waals surface area contributed by atoms with Gasteiger partial charge in [-0.05, 0) is 44.1 Å². The number of benzene rings is 2. The van der Waals surface area contributed by atoms with Crippen molar-refractivity contribution in [1.29, 1.82) is 0 Å². The van der Waals surface area contributed by atoms with Crippen molar-refractivity contribution in [2.24, 2.45) is 0 Å². The Kier molecular flexibility index (Phi) is 4.85. The zero-order chi connectivity index (χ0) is 19.7. The normalized spacial score (nSPS) is 17.8. The molecule has 0 unspecified atom stereocenters. The molecule has 4 rings (SSSR count). The number of nitrogens with one attached hydrogen (secondary N) is 2. The molecule has 2 heterocycles. The minimum atomic E-state index is -0.660. The topological polar surface area (TPSA) is 62.8 Å². The Balaban J connectivity index is 1.75. The summed E-state index contributed by atoms with van der Waals surface area (Å²) in [5.41, 5.74) is 1.37. The number of para-hydroxylation sites is 2. The van der Waals surface area contributed by atoms with Gasteiger partial charge in [0, 0.05) is 11.6 Å². The molecule has 28 heavy (non-hydrogen) atoms. The molecule has 0 saturated carbocycles. The van der Waals surface area contributed by atoms with E-state index in [1.165, 1.54) is 20.3 Å². The number of piperidine rings is 1. The number of halogens is 1. The average Bonchev–Trinajstić information content (AvgIpc) is 2.73. The molecule has 2 aliphatic rings. The number of nitrogens with zero attached hydrogens (tertiary/aromatic N) is 1. The lowest BCUT2D eigenvalue weighted by atomic mass is 9.84. The van der Waals surface area contributed by atoms with E-state index >= 15 is 0 Å². The number of hydrogen-bond donors (Lipinski definition) is 2. The third-order valence-corrected chi connectivity index (χ3v) is 5.56. The van der Waals surface area contributed by atoms with Crippen molar-refractivity contribution >= 4 is 17.3 Å². The van der Waals surface area contributed by atoms with Crippen molar-refractivity contribution in [2.75, 3.05) is 37.5 Å². The van der Waals surface area contributed by atoms with Crippen LogP contribution in [0, 0.1) is 5.82 Å². The van der Waals surface area contributed by atoms with Crippen LogP contribution in [0.4, 0.5) is 15.8 Å². The summed E-state index contributed by atoms with van der Waals surface area (Å²) in [5.74, 6) is 0.305. The van der Waals surface area contributed by atoms with Gasteiger partial charge in [-0.1, -0.05) is 12.1 Å². The molecule has 0 aromatic heterocycles. The van der Waals surface area contributed by atoms with Crippen LogP contribution in [0.1, 0.15) is 18.4 Å². The second-order valence-corrected chi connectivity index (χ2v) is 7.16. The van der Waals surface area contributed by atoms with Gasteiger partial charge in [0.1, 0.15) is 11.4 Å². The molecule has 2 aromatic carbocycles. The first-order valence-corrected chi connectivity index (χ1v) is 9.38. The molecule has 6 nitrogen and oxygen atoms in total. The molecular weight excluding hydrogens is 361 g/mol. The maximum absolute atomic E-state index is 14.7. The van der Waals surface area contributed by atoms with E-state index < -0.39 is 11.4 Å². The third-order valence-electron chi connectivity index (χ3n) is 5.56. The first kappa shape index (κ1) is 18.6. The fourth-order valence-corrected chi connectivity index (χ4v) is 4.03. The maximum atomic E-state index is 14.7. The Morgan fingerprint density at radius 1 is 1.11 bits per heavy atom. The minimum Gasteiger partial charge on any atom is -0.493 e. The van der Waals surface area contributed by atoms with Crippen molar-refractivity contribution in [3.05, 3.63) is 47.8 Å². The van der Waals surface area contributed by atoms with Crippen molar-refractivity contribution in [1.82, 2.24) is 5.32 Å². The first-order chi connectivity index (χ1) is 13.6. The molecule has 1 fully saturated rings. The van der Waals surface area contributed by atoms with Crippen LogP contribution >= 0.6 is 0 Å². The number of rotatable bonds is 4. The number of amides is 1. The number of carbonyl (C=O) groups excluding carboxylic acids is 1. The Labute approximate surface area is 163 Å². The number of fused-ring (bicyclic) bond motifs is 1. The van der Waals surface area contributed by atoms with Crippen LogP contribution in [0.5, 0.6) is 11.5 Å². The lowest BCUT2D eigenvalue weighted by molar-refractivity contribution is -0.124. The summed E-state index contributed by atoms with van der Waals surface area (Å²) in [5, 5.41) is 6.76. The molecule has 0 atom stereocenters. The van der Waals surface area contributed by atoms with Gasteiger partial charge in [0.15, 0.2) is 11.5 Å². The molecule has 0 bridgehead atoms. The van der Waals surface area contributed by atoms with Crippen LogP contribution in [-0.2, 0) is 11.3 Å². The molecule has 1 spiro atoms. The van der Waals surface area contributed by atoms with Crippen molar-refractivity contribution < 1.29 is 18.7 Å². The second-order valence-electron chi connectivity index (χ2n) is 7.16. The van der Waals surface area contributed by atoms with Crippen LogP contribution in [0.2, 0.25) is 0 Å². The SMILES string of the molecule is COc1cc(F)c(CN2C(=O)C3(CCNCC3)Nc3ccccc32)cc1OC. The molecule has 2 aromatic rings. The molecule has 1 saturated heterocycles. The molecule has 2 N–H and O–H groups in total. The van der Waals surface area contributed by atoms with Gasteiger partial charge in [-0.15, -0.1) is 0 Å². The van der Waals surface area contributed by atoms with E-state index in [1.807, 2.05) is 24.3 Å². The van der Waals surface area contributed by atoms with Crippen molar-refractivity contribution in [3.8, 4) is 11.5 Å². The quantitative estimate of drug-likeness (QED) is 0.847. The van der Waals surface area contributed by atoms with Gasteiger partial charge in [0.2, 0.25) is 0 Å². The van der Waals surface area contributed by atoms with E-state index in [2.05, 4.69) is 10.6 Å². The summed E-state index contributed by atoms with van der Waals surface area (Å²) in [6.07, 6.45) is 1.37. The van der Waals surface area contributed by atoms with Crippen LogP contribution < -0.4 is 25.0 Å². The van der Waals surface area contributed by atoms with Gasteiger partial charge < -0.3 is 25.0 Å². The molecule has 2 aliphatic heterocycles. The highest BCUT2D eigenvalue weighted by Gasteiger charge is 2.46. The Bertz CT molecular complexity index is 896. The highest BCUT2D eigenvalue weighted by atomic mass is 19.1. The number of anilines is 2. The zero-order valence-corrected chi connectivity index (χ0v) is 16.0. The monoisotopic (exact) mass is 385 g/mol. The Hall–Kier alpha value is -2.80. The summed E-state index contributed by atoms with van der Waals surface area (Å²) in [6, 6.07) is 10.6.